The fraction of sp³-hybridized carbons (Fsp3) is 0.167. The highest BCUT2D eigenvalue weighted by molar-refractivity contribution is 7.89. The van der Waals surface area contributed by atoms with Crippen LogP contribution in [-0.4, -0.2) is 38.7 Å². The Balaban J connectivity index is 1.70. The van der Waals surface area contributed by atoms with Crippen LogP contribution in [0.1, 0.15) is 14.8 Å². The Labute approximate surface area is 180 Å². The molecule has 1 amide bonds. The number of halogens is 2. The van der Waals surface area contributed by atoms with Crippen molar-refractivity contribution < 1.29 is 31.5 Å². The lowest BCUT2D eigenvalue weighted by molar-refractivity contribution is 0.102. The van der Waals surface area contributed by atoms with Crippen LogP contribution in [0.15, 0.2) is 41.3 Å². The van der Waals surface area contributed by atoms with E-state index in [1.165, 1.54) is 26.4 Å². The van der Waals surface area contributed by atoms with Gasteiger partial charge in [0.2, 0.25) is 15.0 Å². The molecule has 0 unspecified atom stereocenters. The van der Waals surface area contributed by atoms with E-state index in [-0.39, 0.29) is 32.9 Å². The molecule has 3 aromatic rings. The van der Waals surface area contributed by atoms with Crippen LogP contribution in [-0.2, 0) is 16.6 Å². The molecule has 3 rings (SSSR count). The molecular formula is C18H16F2N4O5S2. The van der Waals surface area contributed by atoms with Gasteiger partial charge in [0, 0.05) is 12.1 Å². The van der Waals surface area contributed by atoms with Gasteiger partial charge in [-0.15, -0.1) is 10.2 Å². The number of hydrogen-bond acceptors (Lipinski definition) is 8. The fourth-order valence-corrected chi connectivity index (χ4v) is 4.35. The van der Waals surface area contributed by atoms with E-state index >= 15 is 0 Å². The van der Waals surface area contributed by atoms with Gasteiger partial charge in [0.1, 0.15) is 33.0 Å². The quantitative estimate of drug-likeness (QED) is 0.519. The summed E-state index contributed by atoms with van der Waals surface area (Å²) in [6.45, 7) is -0.251. The van der Waals surface area contributed by atoms with Gasteiger partial charge in [-0.3, -0.25) is 4.79 Å². The molecule has 0 aliphatic rings. The molecule has 0 saturated carbocycles. The molecule has 0 atom stereocenters. The second kappa shape index (κ2) is 9.32. The number of carbonyl (C=O) groups is 1. The van der Waals surface area contributed by atoms with E-state index in [9.17, 15) is 22.0 Å². The lowest BCUT2D eigenvalue weighted by atomic mass is 10.3. The van der Waals surface area contributed by atoms with Gasteiger partial charge in [0.05, 0.1) is 26.5 Å². The number of sulfonamides is 1. The number of rotatable bonds is 8. The van der Waals surface area contributed by atoms with E-state index in [0.29, 0.717) is 11.8 Å². The van der Waals surface area contributed by atoms with Gasteiger partial charge in [0.25, 0.3) is 5.91 Å². The fourth-order valence-electron chi connectivity index (χ4n) is 2.41. The third kappa shape index (κ3) is 5.31. The van der Waals surface area contributed by atoms with E-state index in [4.69, 9.17) is 9.47 Å². The Bertz CT molecular complexity index is 1220. The summed E-state index contributed by atoms with van der Waals surface area (Å²) in [6, 6.07) is 7.00. The molecular weight excluding hydrogens is 454 g/mol. The van der Waals surface area contributed by atoms with Crippen LogP contribution in [0.2, 0.25) is 0 Å². The Kier molecular flexibility index (Phi) is 6.77. The SMILES string of the molecule is COc1ccc(OC)c(S(=O)(=O)NCc2nnc(C(=O)Nc3ccc(F)cc3F)s2)c1. The number of nitrogens with one attached hydrogen (secondary N) is 2. The molecule has 2 N–H and O–H groups in total. The first kappa shape index (κ1) is 22.5. The number of aromatic nitrogens is 2. The van der Waals surface area contributed by atoms with E-state index < -0.39 is 27.6 Å². The summed E-state index contributed by atoms with van der Waals surface area (Å²) in [5.41, 5.74) is -0.228. The van der Waals surface area contributed by atoms with Gasteiger partial charge >= 0.3 is 0 Å². The van der Waals surface area contributed by atoms with E-state index in [0.717, 1.165) is 23.5 Å². The van der Waals surface area contributed by atoms with Crippen molar-refractivity contribution in [2.75, 3.05) is 19.5 Å². The average Bonchev–Trinajstić information content (AvgIpc) is 3.23. The summed E-state index contributed by atoms with van der Waals surface area (Å²) in [4.78, 5) is 12.1. The third-order valence-electron chi connectivity index (χ3n) is 3.91. The third-order valence-corrected chi connectivity index (χ3v) is 6.26. The molecule has 164 valence electrons. The van der Waals surface area contributed by atoms with Crippen molar-refractivity contribution in [1.82, 2.24) is 14.9 Å². The number of ether oxygens (including phenoxy) is 2. The maximum absolute atomic E-state index is 13.7. The highest BCUT2D eigenvalue weighted by Crippen LogP contribution is 2.28. The molecule has 31 heavy (non-hydrogen) atoms. The first-order chi connectivity index (χ1) is 14.7. The highest BCUT2D eigenvalue weighted by Gasteiger charge is 2.22. The summed E-state index contributed by atoms with van der Waals surface area (Å²) in [7, 11) is -1.27. The zero-order chi connectivity index (χ0) is 22.6. The molecule has 0 aliphatic heterocycles. The molecule has 0 aliphatic carbocycles. The molecule has 1 heterocycles. The van der Waals surface area contributed by atoms with Gasteiger partial charge < -0.3 is 14.8 Å². The van der Waals surface area contributed by atoms with Gasteiger partial charge in [-0.05, 0) is 24.3 Å². The van der Waals surface area contributed by atoms with E-state index in [1.54, 1.807) is 6.07 Å². The monoisotopic (exact) mass is 470 g/mol. The number of nitrogens with zero attached hydrogens (tertiary/aromatic N) is 2. The van der Waals surface area contributed by atoms with Crippen LogP contribution in [0.3, 0.4) is 0 Å². The molecule has 0 radical (unpaired) electrons. The minimum atomic E-state index is -4.00. The summed E-state index contributed by atoms with van der Waals surface area (Å²) >= 11 is 0.809. The van der Waals surface area contributed by atoms with Crippen molar-refractivity contribution in [3.8, 4) is 11.5 Å². The Morgan fingerprint density at radius 1 is 1.10 bits per heavy atom. The van der Waals surface area contributed by atoms with Gasteiger partial charge in [-0.25, -0.2) is 21.9 Å². The molecule has 9 nitrogen and oxygen atoms in total. The zero-order valence-corrected chi connectivity index (χ0v) is 17.8. The number of methoxy groups -OCH3 is 2. The van der Waals surface area contributed by atoms with Gasteiger partial charge in [-0.2, -0.15) is 0 Å². The van der Waals surface area contributed by atoms with E-state index in [2.05, 4.69) is 20.2 Å². The number of carbonyl (C=O) groups excluding carboxylic acids is 1. The summed E-state index contributed by atoms with van der Waals surface area (Å²) in [6.07, 6.45) is 0. The largest absolute Gasteiger partial charge is 0.497 e. The van der Waals surface area contributed by atoms with Crippen LogP contribution < -0.4 is 19.5 Å². The van der Waals surface area contributed by atoms with Crippen molar-refractivity contribution in [3.63, 3.8) is 0 Å². The summed E-state index contributed by atoms with van der Waals surface area (Å²) < 4.78 is 64.4. The maximum atomic E-state index is 13.7. The Hall–Kier alpha value is -3.16. The first-order valence-corrected chi connectivity index (χ1v) is 10.8. The van der Waals surface area contributed by atoms with Crippen molar-refractivity contribution in [2.45, 2.75) is 11.4 Å². The summed E-state index contributed by atoms with van der Waals surface area (Å²) in [5, 5.41) is 9.75. The molecule has 1 aromatic heterocycles. The molecule has 0 spiro atoms. The number of amides is 1. The van der Waals surface area contributed by atoms with E-state index in [1.807, 2.05) is 0 Å². The van der Waals surface area contributed by atoms with Crippen LogP contribution in [0, 0.1) is 11.6 Å². The van der Waals surface area contributed by atoms with Crippen LogP contribution in [0.25, 0.3) is 0 Å². The number of hydrogen-bond donors (Lipinski definition) is 2. The van der Waals surface area contributed by atoms with Crippen molar-refractivity contribution in [2.24, 2.45) is 0 Å². The predicted molar refractivity (Wildman–Crippen MR) is 108 cm³/mol. The molecule has 2 aromatic carbocycles. The van der Waals surface area contributed by atoms with Gasteiger partial charge in [0.15, 0.2) is 0 Å². The first-order valence-electron chi connectivity index (χ1n) is 8.54. The smallest absolute Gasteiger partial charge is 0.286 e. The van der Waals surface area contributed by atoms with Crippen molar-refractivity contribution in [3.05, 3.63) is 58.0 Å². The number of anilines is 1. The predicted octanol–water partition coefficient (Wildman–Crippen LogP) is 2.56. The second-order valence-electron chi connectivity index (χ2n) is 5.92. The van der Waals surface area contributed by atoms with Crippen LogP contribution in [0.5, 0.6) is 11.5 Å². The zero-order valence-electron chi connectivity index (χ0n) is 16.2. The molecule has 0 saturated heterocycles. The lowest BCUT2D eigenvalue weighted by Crippen LogP contribution is -2.23. The van der Waals surface area contributed by atoms with Gasteiger partial charge in [-0.1, -0.05) is 11.3 Å². The van der Waals surface area contributed by atoms with Crippen molar-refractivity contribution >= 4 is 33.0 Å². The Morgan fingerprint density at radius 3 is 2.55 bits per heavy atom. The highest BCUT2D eigenvalue weighted by atomic mass is 32.2. The lowest BCUT2D eigenvalue weighted by Gasteiger charge is -2.11. The minimum absolute atomic E-state index is 0.118. The maximum Gasteiger partial charge on any atom is 0.286 e. The average molecular weight is 470 g/mol. The topological polar surface area (TPSA) is 120 Å². The molecule has 0 fully saturated rings. The minimum Gasteiger partial charge on any atom is -0.497 e. The molecule has 13 heteroatoms. The standard InChI is InChI=1S/C18H16F2N4O5S2/c1-28-11-4-6-14(29-2)15(8-11)31(26,27)21-9-16-23-24-18(30-16)17(25)22-13-5-3-10(19)7-12(13)20/h3-8,21H,9H2,1-2H3,(H,22,25). The number of benzene rings is 2. The van der Waals surface area contributed by atoms with Crippen LogP contribution in [0.4, 0.5) is 14.5 Å². The summed E-state index contributed by atoms with van der Waals surface area (Å²) in [5.74, 6) is -2.06. The normalized spacial score (nSPS) is 11.2. The second-order valence-corrected chi connectivity index (χ2v) is 8.72. The molecule has 0 bridgehead atoms. The Morgan fingerprint density at radius 2 is 1.87 bits per heavy atom. The van der Waals surface area contributed by atoms with Crippen molar-refractivity contribution in [1.29, 1.82) is 0 Å². The van der Waals surface area contributed by atoms with Crippen LogP contribution >= 0.6 is 11.3 Å².